The van der Waals surface area contributed by atoms with E-state index < -0.39 is 56.6 Å². The van der Waals surface area contributed by atoms with E-state index in [0.29, 0.717) is 12.1 Å². The van der Waals surface area contributed by atoms with Crippen molar-refractivity contribution in [3.05, 3.63) is 93.4 Å². The standard InChI is InChI=1S/C24H14F5N3O4S/c1-37(34,35)22-7-3-13(11-31-22)20-5-6-21(36-20)19-9-17(24(27,28)29)16(10-30)23(33)32(19)12-14-2-4-15(25)8-18(14)26/h2-9,11H,12H2,1H3. The monoisotopic (exact) mass is 535 g/mol. The van der Waals surface area contributed by atoms with Crippen LogP contribution in [0.4, 0.5) is 22.0 Å². The van der Waals surface area contributed by atoms with Crippen LogP contribution in [0.15, 0.2) is 69.0 Å². The highest BCUT2D eigenvalue weighted by molar-refractivity contribution is 7.90. The van der Waals surface area contributed by atoms with Crippen molar-refractivity contribution in [3.63, 3.8) is 0 Å². The highest BCUT2D eigenvalue weighted by Gasteiger charge is 2.37. The summed E-state index contributed by atoms with van der Waals surface area (Å²) in [6, 6.07) is 9.45. The third kappa shape index (κ3) is 5.14. The minimum atomic E-state index is -5.07. The van der Waals surface area contributed by atoms with Crippen molar-refractivity contribution in [1.82, 2.24) is 9.55 Å². The van der Waals surface area contributed by atoms with Crippen LogP contribution in [-0.4, -0.2) is 24.2 Å². The molecular weight excluding hydrogens is 521 g/mol. The Morgan fingerprint density at radius 2 is 1.76 bits per heavy atom. The van der Waals surface area contributed by atoms with E-state index in [4.69, 9.17) is 4.42 Å². The van der Waals surface area contributed by atoms with Crippen molar-refractivity contribution < 1.29 is 34.8 Å². The zero-order valence-corrected chi connectivity index (χ0v) is 19.5. The molecule has 0 aliphatic heterocycles. The summed E-state index contributed by atoms with van der Waals surface area (Å²) in [5.74, 6) is -2.11. The van der Waals surface area contributed by atoms with Gasteiger partial charge in [0.1, 0.15) is 29.0 Å². The fourth-order valence-electron chi connectivity index (χ4n) is 3.54. The highest BCUT2D eigenvalue weighted by atomic mass is 32.2. The van der Waals surface area contributed by atoms with Crippen LogP contribution in [-0.2, 0) is 22.6 Å². The zero-order chi connectivity index (χ0) is 27.1. The Labute approximate surface area is 206 Å². The van der Waals surface area contributed by atoms with Gasteiger partial charge in [0, 0.05) is 29.6 Å². The number of benzene rings is 1. The maximum Gasteiger partial charge on any atom is 0.417 e. The first-order chi connectivity index (χ1) is 17.3. The first-order valence-electron chi connectivity index (χ1n) is 10.3. The first-order valence-corrected chi connectivity index (χ1v) is 12.1. The lowest BCUT2D eigenvalue weighted by Gasteiger charge is -2.16. The van der Waals surface area contributed by atoms with E-state index in [9.17, 15) is 40.4 Å². The van der Waals surface area contributed by atoms with Crippen LogP contribution < -0.4 is 5.56 Å². The summed E-state index contributed by atoms with van der Waals surface area (Å²) in [7, 11) is -3.58. The molecule has 190 valence electrons. The van der Waals surface area contributed by atoms with Crippen molar-refractivity contribution in [1.29, 1.82) is 5.26 Å². The van der Waals surface area contributed by atoms with E-state index in [1.165, 1.54) is 36.5 Å². The Balaban J connectivity index is 1.89. The second-order valence-electron chi connectivity index (χ2n) is 7.88. The minimum Gasteiger partial charge on any atom is -0.454 e. The quantitative estimate of drug-likeness (QED) is 0.340. The second-order valence-corrected chi connectivity index (χ2v) is 9.84. The van der Waals surface area contributed by atoms with E-state index in [1.807, 2.05) is 0 Å². The molecule has 0 aliphatic rings. The van der Waals surface area contributed by atoms with Gasteiger partial charge in [-0.1, -0.05) is 6.07 Å². The molecule has 7 nitrogen and oxygen atoms in total. The van der Waals surface area contributed by atoms with E-state index >= 15 is 0 Å². The molecule has 0 fully saturated rings. The summed E-state index contributed by atoms with van der Waals surface area (Å²) >= 11 is 0. The largest absolute Gasteiger partial charge is 0.454 e. The summed E-state index contributed by atoms with van der Waals surface area (Å²) in [6.45, 7) is -0.631. The number of furan rings is 1. The number of pyridine rings is 2. The van der Waals surface area contributed by atoms with Gasteiger partial charge >= 0.3 is 6.18 Å². The number of nitrogens with zero attached hydrogens (tertiary/aromatic N) is 3. The van der Waals surface area contributed by atoms with E-state index in [-0.39, 0.29) is 27.7 Å². The van der Waals surface area contributed by atoms with Gasteiger partial charge in [0.15, 0.2) is 20.6 Å². The summed E-state index contributed by atoms with van der Waals surface area (Å²) in [6.07, 6.45) is -2.92. The predicted molar refractivity (Wildman–Crippen MR) is 120 cm³/mol. The van der Waals surface area contributed by atoms with Gasteiger partial charge in [0.25, 0.3) is 5.56 Å². The van der Waals surface area contributed by atoms with Gasteiger partial charge in [0.2, 0.25) is 0 Å². The van der Waals surface area contributed by atoms with Gasteiger partial charge in [-0.25, -0.2) is 22.2 Å². The van der Waals surface area contributed by atoms with Gasteiger partial charge in [-0.15, -0.1) is 0 Å². The van der Waals surface area contributed by atoms with Crippen LogP contribution in [0.5, 0.6) is 0 Å². The summed E-state index contributed by atoms with van der Waals surface area (Å²) in [5, 5.41) is 9.07. The van der Waals surface area contributed by atoms with Crippen molar-refractivity contribution in [2.24, 2.45) is 0 Å². The lowest BCUT2D eigenvalue weighted by Crippen LogP contribution is -2.29. The fourth-order valence-corrected chi connectivity index (χ4v) is 4.09. The third-order valence-corrected chi connectivity index (χ3v) is 6.32. The number of sulfone groups is 1. The molecule has 13 heteroatoms. The normalized spacial score (nSPS) is 11.9. The molecule has 1 aromatic carbocycles. The highest BCUT2D eigenvalue weighted by Crippen LogP contribution is 2.35. The molecule has 0 amide bonds. The molecule has 0 unspecified atom stereocenters. The smallest absolute Gasteiger partial charge is 0.417 e. The van der Waals surface area contributed by atoms with Crippen LogP contribution in [0.2, 0.25) is 0 Å². The van der Waals surface area contributed by atoms with Crippen LogP contribution in [0, 0.1) is 23.0 Å². The zero-order valence-electron chi connectivity index (χ0n) is 18.7. The minimum absolute atomic E-state index is 0.0763. The Hall–Kier alpha value is -4.31. The van der Waals surface area contributed by atoms with Crippen LogP contribution in [0.3, 0.4) is 0 Å². The van der Waals surface area contributed by atoms with E-state index in [0.717, 1.165) is 23.0 Å². The molecule has 0 N–H and O–H groups in total. The summed E-state index contributed by atoms with van der Waals surface area (Å²) in [5.41, 5.74) is -4.43. The Kier molecular flexibility index (Phi) is 6.47. The molecule has 0 saturated carbocycles. The third-order valence-electron chi connectivity index (χ3n) is 5.32. The van der Waals surface area contributed by atoms with Gasteiger partial charge in [-0.2, -0.15) is 18.4 Å². The second kappa shape index (κ2) is 9.29. The molecule has 0 spiro atoms. The maximum atomic E-state index is 14.3. The molecule has 37 heavy (non-hydrogen) atoms. The van der Waals surface area contributed by atoms with E-state index in [2.05, 4.69) is 4.98 Å². The van der Waals surface area contributed by atoms with Crippen LogP contribution in [0.25, 0.3) is 22.8 Å². The maximum absolute atomic E-state index is 14.3. The Morgan fingerprint density at radius 1 is 1.05 bits per heavy atom. The lowest BCUT2D eigenvalue weighted by molar-refractivity contribution is -0.137. The number of hydrogen-bond acceptors (Lipinski definition) is 6. The number of hydrogen-bond donors (Lipinski definition) is 0. The first kappa shape index (κ1) is 25.8. The van der Waals surface area contributed by atoms with Crippen molar-refractivity contribution in [3.8, 4) is 28.8 Å². The topological polar surface area (TPSA) is 106 Å². The molecule has 4 rings (SSSR count). The van der Waals surface area contributed by atoms with Crippen molar-refractivity contribution in [2.45, 2.75) is 17.7 Å². The van der Waals surface area contributed by atoms with E-state index in [1.54, 1.807) is 0 Å². The van der Waals surface area contributed by atoms with Crippen molar-refractivity contribution in [2.75, 3.05) is 6.26 Å². The Bertz CT molecular complexity index is 1720. The molecular formula is C24H14F5N3O4S. The number of halogens is 5. The molecule has 3 heterocycles. The Morgan fingerprint density at radius 3 is 2.32 bits per heavy atom. The summed E-state index contributed by atoms with van der Waals surface area (Å²) in [4.78, 5) is 16.8. The van der Waals surface area contributed by atoms with Gasteiger partial charge in [-0.3, -0.25) is 9.36 Å². The van der Waals surface area contributed by atoms with Gasteiger partial charge in [0.05, 0.1) is 17.8 Å². The van der Waals surface area contributed by atoms with Gasteiger partial charge in [-0.05, 0) is 36.4 Å². The van der Waals surface area contributed by atoms with Crippen LogP contribution in [0.1, 0.15) is 16.7 Å². The summed E-state index contributed by atoms with van der Waals surface area (Å²) < 4.78 is 98.3. The van der Waals surface area contributed by atoms with Crippen LogP contribution >= 0.6 is 0 Å². The molecule has 0 atom stereocenters. The average molecular weight is 535 g/mol. The fraction of sp³-hybridized carbons (Fsp3) is 0.125. The SMILES string of the molecule is CS(=O)(=O)c1ccc(-c2ccc(-c3cc(C(F)(F)F)c(C#N)c(=O)n3Cc3ccc(F)cc3F)o2)cn1. The molecule has 3 aromatic heterocycles. The lowest BCUT2D eigenvalue weighted by atomic mass is 10.1. The molecule has 0 saturated heterocycles. The molecule has 4 aromatic rings. The molecule has 0 radical (unpaired) electrons. The molecule has 0 bridgehead atoms. The molecule has 0 aliphatic carbocycles. The number of aromatic nitrogens is 2. The predicted octanol–water partition coefficient (Wildman–Crippen LogP) is 4.79. The van der Waals surface area contributed by atoms with Gasteiger partial charge < -0.3 is 4.42 Å². The van der Waals surface area contributed by atoms with Crippen molar-refractivity contribution >= 4 is 9.84 Å². The number of rotatable bonds is 5. The average Bonchev–Trinajstić information content (AvgIpc) is 3.30. The number of alkyl halides is 3. The number of nitriles is 1.